The summed E-state index contributed by atoms with van der Waals surface area (Å²) in [6.45, 7) is 10.2. The standard InChI is InChI=1S/C30H27BN3O2/c1-29(2)30(3,4)36-31(35-29)26-18-12-11-17-24(26)27-32-28-25(22-15-9-6-10-16-22)19-23(20-34(28)33-27)21-13-7-5-8-14-21/h5-20H,1H2,2-4H3/q+1. The predicted molar refractivity (Wildman–Crippen MR) is 145 cm³/mol. The van der Waals surface area contributed by atoms with Crippen LogP contribution >= 0.6 is 0 Å². The molecule has 5 nitrogen and oxygen atoms in total. The number of hydrogen-bond donors (Lipinski definition) is 0. The van der Waals surface area contributed by atoms with E-state index in [1.807, 2.05) is 92.1 Å². The van der Waals surface area contributed by atoms with E-state index in [-0.39, 0.29) is 0 Å². The third-order valence-corrected chi connectivity index (χ3v) is 7.12. The van der Waals surface area contributed by atoms with Crippen LogP contribution in [0.5, 0.6) is 0 Å². The van der Waals surface area contributed by atoms with Gasteiger partial charge >= 0.3 is 7.12 Å². The normalized spacial score (nSPS) is 19.1. The van der Waals surface area contributed by atoms with Gasteiger partial charge in [-0.2, -0.15) is 0 Å². The fourth-order valence-electron chi connectivity index (χ4n) is 4.55. The highest BCUT2D eigenvalue weighted by atomic mass is 16.7. The summed E-state index contributed by atoms with van der Waals surface area (Å²) >= 11 is 0. The maximum atomic E-state index is 6.31. The molecule has 5 aromatic rings. The van der Waals surface area contributed by atoms with Gasteiger partial charge in [-0.25, -0.2) is 9.50 Å². The van der Waals surface area contributed by atoms with E-state index in [0.29, 0.717) is 5.82 Å². The molecule has 1 fully saturated rings. The van der Waals surface area contributed by atoms with E-state index < -0.39 is 18.3 Å². The molecule has 0 N–H and O–H groups in total. The van der Waals surface area contributed by atoms with Crippen molar-refractivity contribution in [1.82, 2.24) is 14.6 Å². The first-order chi connectivity index (χ1) is 17.3. The Morgan fingerprint density at radius 3 is 2.06 bits per heavy atom. The minimum Gasteiger partial charge on any atom is -0.395 e. The van der Waals surface area contributed by atoms with Gasteiger partial charge in [-0.15, -0.1) is 5.10 Å². The lowest BCUT2D eigenvalue weighted by molar-refractivity contribution is 0.0262. The molecule has 36 heavy (non-hydrogen) atoms. The average Bonchev–Trinajstić information content (AvgIpc) is 3.41. The Morgan fingerprint density at radius 2 is 1.39 bits per heavy atom. The third kappa shape index (κ3) is 3.79. The van der Waals surface area contributed by atoms with Gasteiger partial charge in [0.25, 0.3) is 0 Å². The third-order valence-electron chi connectivity index (χ3n) is 7.12. The Bertz CT molecular complexity index is 1530. The van der Waals surface area contributed by atoms with Crippen LogP contribution in [0.4, 0.5) is 0 Å². The molecule has 6 rings (SSSR count). The van der Waals surface area contributed by atoms with Gasteiger partial charge in [-0.05, 0) is 36.5 Å². The van der Waals surface area contributed by atoms with Gasteiger partial charge in [-0.3, -0.25) is 0 Å². The lowest BCUT2D eigenvalue weighted by Crippen LogP contribution is -2.42. The van der Waals surface area contributed by atoms with Gasteiger partial charge in [0.15, 0.2) is 11.5 Å². The molecule has 0 aliphatic carbocycles. The van der Waals surface area contributed by atoms with E-state index in [4.69, 9.17) is 19.4 Å². The number of pyridine rings is 1. The zero-order valence-corrected chi connectivity index (χ0v) is 20.7. The van der Waals surface area contributed by atoms with Crippen molar-refractivity contribution in [2.75, 3.05) is 0 Å². The Morgan fingerprint density at radius 1 is 0.750 bits per heavy atom. The quantitative estimate of drug-likeness (QED) is 0.244. The number of fused-ring (bicyclic) bond motifs is 1. The van der Waals surface area contributed by atoms with E-state index in [0.717, 1.165) is 38.9 Å². The second-order valence-electron chi connectivity index (χ2n) is 9.97. The fourth-order valence-corrected chi connectivity index (χ4v) is 4.55. The van der Waals surface area contributed by atoms with E-state index >= 15 is 0 Å². The SMILES string of the molecule is [CH2+]C1(C)OB(c2ccccc2-c2nc3c(-c4ccccc4)cc(-c4ccccc4)cn3n2)OC1(C)C. The summed E-state index contributed by atoms with van der Waals surface area (Å²) in [5, 5.41) is 4.94. The highest BCUT2D eigenvalue weighted by Gasteiger charge is 2.57. The highest BCUT2D eigenvalue weighted by Crippen LogP contribution is 2.37. The Balaban J connectivity index is 1.52. The van der Waals surface area contributed by atoms with Crippen molar-refractivity contribution in [3.8, 4) is 33.6 Å². The summed E-state index contributed by atoms with van der Waals surface area (Å²) in [6.07, 6.45) is 2.04. The van der Waals surface area contributed by atoms with Crippen LogP contribution < -0.4 is 5.46 Å². The molecule has 1 unspecified atom stereocenters. The van der Waals surface area contributed by atoms with E-state index in [1.54, 1.807) is 0 Å². The minimum atomic E-state index is -0.678. The van der Waals surface area contributed by atoms with Crippen molar-refractivity contribution in [3.63, 3.8) is 0 Å². The number of hydrogen-bond acceptors (Lipinski definition) is 4. The molecule has 0 bridgehead atoms. The Hall–Kier alpha value is -3.87. The van der Waals surface area contributed by atoms with Gasteiger partial charge < -0.3 is 9.31 Å². The first-order valence-corrected chi connectivity index (χ1v) is 12.1. The first kappa shape index (κ1) is 22.6. The van der Waals surface area contributed by atoms with Crippen molar-refractivity contribution < 1.29 is 9.31 Å². The van der Waals surface area contributed by atoms with E-state index in [9.17, 15) is 0 Å². The van der Waals surface area contributed by atoms with Crippen molar-refractivity contribution in [2.24, 2.45) is 0 Å². The van der Waals surface area contributed by atoms with Crippen molar-refractivity contribution in [1.29, 1.82) is 0 Å². The van der Waals surface area contributed by atoms with Crippen molar-refractivity contribution >= 4 is 18.2 Å². The van der Waals surface area contributed by atoms with E-state index in [1.165, 1.54) is 0 Å². The molecule has 176 valence electrons. The number of benzene rings is 3. The molecule has 3 heterocycles. The van der Waals surface area contributed by atoms with Crippen LogP contribution in [-0.4, -0.2) is 32.9 Å². The number of nitrogens with zero attached hydrogens (tertiary/aromatic N) is 3. The lowest BCUT2D eigenvalue weighted by atomic mass is 9.76. The van der Waals surface area contributed by atoms with Crippen LogP contribution in [0, 0.1) is 6.92 Å². The van der Waals surface area contributed by atoms with Gasteiger partial charge in [0.05, 0.1) is 6.92 Å². The molecule has 0 spiro atoms. The minimum absolute atomic E-state index is 0.540. The fraction of sp³-hybridized carbons (Fsp3) is 0.167. The molecular formula is C30H27BN3O2+. The van der Waals surface area contributed by atoms with Crippen LogP contribution in [0.3, 0.4) is 0 Å². The van der Waals surface area contributed by atoms with Crippen LogP contribution in [0.2, 0.25) is 0 Å². The summed E-state index contributed by atoms with van der Waals surface area (Å²) in [4.78, 5) is 5.02. The largest absolute Gasteiger partial charge is 0.498 e. The smallest absolute Gasteiger partial charge is 0.395 e. The second-order valence-corrected chi connectivity index (χ2v) is 9.97. The maximum absolute atomic E-state index is 6.31. The molecule has 1 atom stereocenters. The molecule has 1 saturated heterocycles. The Labute approximate surface area is 211 Å². The molecular weight excluding hydrogens is 445 g/mol. The van der Waals surface area contributed by atoms with Crippen LogP contribution in [0.1, 0.15) is 20.8 Å². The molecule has 0 amide bonds. The molecule has 1 aliphatic heterocycles. The summed E-state index contributed by atoms with van der Waals surface area (Å²) in [7, 11) is -0.557. The summed E-state index contributed by atoms with van der Waals surface area (Å²) in [5.41, 5.74) is 5.64. The monoisotopic (exact) mass is 472 g/mol. The zero-order chi connectivity index (χ0) is 24.9. The maximum Gasteiger partial charge on any atom is 0.498 e. The predicted octanol–water partition coefficient (Wildman–Crippen LogP) is 5.84. The van der Waals surface area contributed by atoms with E-state index in [2.05, 4.69) is 37.3 Å². The summed E-state index contributed by atoms with van der Waals surface area (Å²) < 4.78 is 14.4. The molecule has 3 aromatic carbocycles. The van der Waals surface area contributed by atoms with Gasteiger partial charge in [0.2, 0.25) is 5.60 Å². The number of rotatable bonds is 4. The van der Waals surface area contributed by atoms with Gasteiger partial charge in [0, 0.05) is 29.8 Å². The summed E-state index contributed by atoms with van der Waals surface area (Å²) in [5.74, 6) is 0.621. The Kier molecular flexibility index (Phi) is 5.25. The van der Waals surface area contributed by atoms with Crippen LogP contribution in [0.25, 0.3) is 39.3 Å². The van der Waals surface area contributed by atoms with Crippen molar-refractivity contribution in [3.05, 3.63) is 104 Å². The topological polar surface area (TPSA) is 48.7 Å². The van der Waals surface area contributed by atoms with Crippen LogP contribution in [-0.2, 0) is 9.31 Å². The van der Waals surface area contributed by atoms with Gasteiger partial charge in [-0.1, -0.05) is 84.9 Å². The molecule has 2 aromatic heterocycles. The zero-order valence-electron chi connectivity index (χ0n) is 20.7. The average molecular weight is 472 g/mol. The van der Waals surface area contributed by atoms with Crippen LogP contribution in [0.15, 0.2) is 97.2 Å². The molecule has 0 saturated carbocycles. The first-order valence-electron chi connectivity index (χ1n) is 12.1. The highest BCUT2D eigenvalue weighted by molar-refractivity contribution is 6.63. The number of aromatic nitrogens is 3. The molecule has 1 aliphatic rings. The second kappa shape index (κ2) is 8.37. The van der Waals surface area contributed by atoms with Gasteiger partial charge in [0.1, 0.15) is 5.60 Å². The summed E-state index contributed by atoms with van der Waals surface area (Å²) in [6, 6.07) is 30.8. The molecule has 6 heteroatoms. The molecule has 0 radical (unpaired) electrons. The lowest BCUT2D eigenvalue weighted by Gasteiger charge is -2.25. The van der Waals surface area contributed by atoms with Crippen molar-refractivity contribution in [2.45, 2.75) is 32.0 Å².